The summed E-state index contributed by atoms with van der Waals surface area (Å²) in [6.45, 7) is 5.61. The van der Waals surface area contributed by atoms with Crippen LogP contribution in [0.1, 0.15) is 26.3 Å². The molecule has 0 saturated carbocycles. The topological polar surface area (TPSA) is 31.2 Å². The molecule has 0 unspecified atom stereocenters. The highest BCUT2D eigenvalue weighted by atomic mass is 32.2. The van der Waals surface area contributed by atoms with Crippen molar-refractivity contribution in [2.45, 2.75) is 37.8 Å². The Labute approximate surface area is 99.5 Å². The first-order valence-electron chi connectivity index (χ1n) is 5.22. The molecule has 0 N–H and O–H groups in total. The Kier molecular flexibility index (Phi) is 2.84. The molecular formula is C12H15NO2S. The largest absolute Gasteiger partial charge is 0.443 e. The van der Waals surface area contributed by atoms with Gasteiger partial charge in [-0.2, -0.15) is 0 Å². The van der Waals surface area contributed by atoms with Crippen LogP contribution < -0.4 is 0 Å². The highest BCUT2D eigenvalue weighted by Gasteiger charge is 2.21. The van der Waals surface area contributed by atoms with Crippen molar-refractivity contribution >= 4 is 17.9 Å². The number of carbonyl (C=O) groups is 1. The summed E-state index contributed by atoms with van der Waals surface area (Å²) in [5.74, 6) is 0. The molecule has 1 aromatic heterocycles. The highest BCUT2D eigenvalue weighted by molar-refractivity contribution is 8.02. The first-order valence-corrected chi connectivity index (χ1v) is 6.10. The Morgan fingerprint density at radius 3 is 2.94 bits per heavy atom. The number of allylic oxidation sites excluding steroid dienone is 1. The molecule has 2 rings (SSSR count). The summed E-state index contributed by atoms with van der Waals surface area (Å²) in [5, 5.41) is 2.97. The minimum absolute atomic E-state index is 0.309. The van der Waals surface area contributed by atoms with Crippen LogP contribution in [0.2, 0.25) is 0 Å². The molecule has 1 aromatic rings. The molecule has 3 nitrogen and oxygen atoms in total. The number of fused-ring (bicyclic) bond motifs is 1. The molecule has 0 saturated heterocycles. The molecule has 1 aliphatic heterocycles. The average molecular weight is 237 g/mol. The van der Waals surface area contributed by atoms with Crippen molar-refractivity contribution in [3.63, 3.8) is 0 Å². The lowest BCUT2D eigenvalue weighted by molar-refractivity contribution is 0.0523. The quantitative estimate of drug-likeness (QED) is 0.692. The van der Waals surface area contributed by atoms with Crippen LogP contribution in [0.15, 0.2) is 28.8 Å². The van der Waals surface area contributed by atoms with Crippen LogP contribution in [-0.2, 0) is 11.2 Å². The lowest BCUT2D eigenvalue weighted by atomic mass is 10.2. The predicted octanol–water partition coefficient (Wildman–Crippen LogP) is 3.43. The van der Waals surface area contributed by atoms with E-state index in [0.717, 1.165) is 11.4 Å². The van der Waals surface area contributed by atoms with Gasteiger partial charge in [0, 0.05) is 6.20 Å². The summed E-state index contributed by atoms with van der Waals surface area (Å²) in [5.41, 5.74) is 0.724. The van der Waals surface area contributed by atoms with Crippen LogP contribution in [0.5, 0.6) is 0 Å². The molecule has 1 aliphatic rings. The third-order valence-electron chi connectivity index (χ3n) is 2.12. The van der Waals surface area contributed by atoms with Gasteiger partial charge in [0.2, 0.25) is 0 Å². The number of carbonyl (C=O) groups excluding carboxylic acids is 1. The molecule has 0 aliphatic carbocycles. The summed E-state index contributed by atoms with van der Waals surface area (Å²) >= 11 is 1.56. The van der Waals surface area contributed by atoms with Crippen molar-refractivity contribution in [2.75, 3.05) is 0 Å². The number of thioether (sulfide) groups is 1. The third-order valence-corrected chi connectivity index (χ3v) is 3.13. The SMILES string of the molecule is CC(C)(C)OC(=O)n1ccc2c1SC=CC2. The van der Waals surface area contributed by atoms with Crippen molar-refractivity contribution in [3.8, 4) is 0 Å². The molecule has 86 valence electrons. The van der Waals surface area contributed by atoms with Gasteiger partial charge in [0.05, 0.1) is 5.03 Å². The fourth-order valence-electron chi connectivity index (χ4n) is 1.49. The molecule has 0 bridgehead atoms. The maximum Gasteiger partial charge on any atom is 0.419 e. The lowest BCUT2D eigenvalue weighted by Crippen LogP contribution is -2.27. The minimum Gasteiger partial charge on any atom is -0.443 e. The van der Waals surface area contributed by atoms with Gasteiger partial charge in [-0.15, -0.1) is 0 Å². The van der Waals surface area contributed by atoms with Crippen molar-refractivity contribution in [1.29, 1.82) is 0 Å². The molecular weight excluding hydrogens is 222 g/mol. The number of hydrogen-bond donors (Lipinski definition) is 0. The monoisotopic (exact) mass is 237 g/mol. The number of aromatic nitrogens is 1. The molecule has 2 heterocycles. The van der Waals surface area contributed by atoms with E-state index in [9.17, 15) is 4.79 Å². The zero-order chi connectivity index (χ0) is 11.8. The number of rotatable bonds is 0. The van der Waals surface area contributed by atoms with E-state index in [1.165, 1.54) is 5.56 Å². The fourth-order valence-corrected chi connectivity index (χ4v) is 2.36. The third kappa shape index (κ3) is 2.32. The van der Waals surface area contributed by atoms with Crippen molar-refractivity contribution in [2.24, 2.45) is 0 Å². The predicted molar refractivity (Wildman–Crippen MR) is 64.8 cm³/mol. The van der Waals surface area contributed by atoms with Crippen molar-refractivity contribution < 1.29 is 9.53 Å². The van der Waals surface area contributed by atoms with Gasteiger partial charge in [-0.1, -0.05) is 17.8 Å². The van der Waals surface area contributed by atoms with Gasteiger partial charge in [-0.3, -0.25) is 0 Å². The molecule has 0 atom stereocenters. The van der Waals surface area contributed by atoms with E-state index in [4.69, 9.17) is 4.74 Å². The van der Waals surface area contributed by atoms with Gasteiger partial charge in [0.1, 0.15) is 5.60 Å². The molecule has 0 fully saturated rings. The first kappa shape index (κ1) is 11.3. The van der Waals surface area contributed by atoms with E-state index in [-0.39, 0.29) is 6.09 Å². The van der Waals surface area contributed by atoms with Gasteiger partial charge < -0.3 is 4.74 Å². The fraction of sp³-hybridized carbons (Fsp3) is 0.417. The smallest absolute Gasteiger partial charge is 0.419 e. The van der Waals surface area contributed by atoms with E-state index >= 15 is 0 Å². The van der Waals surface area contributed by atoms with Crippen LogP contribution in [0, 0.1) is 0 Å². The first-order chi connectivity index (χ1) is 7.47. The zero-order valence-corrected chi connectivity index (χ0v) is 10.5. The molecule has 0 amide bonds. The number of nitrogens with zero attached hydrogens (tertiary/aromatic N) is 1. The van der Waals surface area contributed by atoms with Crippen LogP contribution >= 0.6 is 11.8 Å². The maximum atomic E-state index is 11.9. The Bertz CT molecular complexity index is 440. The maximum absolute atomic E-state index is 11.9. The Hall–Kier alpha value is -1.16. The molecule has 4 heteroatoms. The zero-order valence-electron chi connectivity index (χ0n) is 9.69. The second-order valence-corrected chi connectivity index (χ2v) is 5.58. The van der Waals surface area contributed by atoms with Gasteiger partial charge in [-0.05, 0) is 44.2 Å². The number of ether oxygens (including phenoxy) is 1. The Balaban J connectivity index is 2.22. The summed E-state index contributed by atoms with van der Waals surface area (Å²) < 4.78 is 6.91. The van der Waals surface area contributed by atoms with Crippen molar-refractivity contribution in [3.05, 3.63) is 29.3 Å². The summed E-state index contributed by atoms with van der Waals surface area (Å²) in [7, 11) is 0. The molecule has 0 radical (unpaired) electrons. The summed E-state index contributed by atoms with van der Waals surface area (Å²) in [6.07, 6.45) is 4.44. The molecule has 16 heavy (non-hydrogen) atoms. The second-order valence-electron chi connectivity index (χ2n) is 4.69. The minimum atomic E-state index is -0.455. The summed E-state index contributed by atoms with van der Waals surface area (Å²) in [4.78, 5) is 11.9. The normalized spacial score (nSPS) is 14.7. The van der Waals surface area contributed by atoms with Crippen molar-refractivity contribution in [1.82, 2.24) is 4.57 Å². The Morgan fingerprint density at radius 1 is 1.50 bits per heavy atom. The van der Waals surface area contributed by atoms with E-state index < -0.39 is 5.60 Å². The molecule has 0 aromatic carbocycles. The van der Waals surface area contributed by atoms with Gasteiger partial charge in [0.25, 0.3) is 0 Å². The van der Waals surface area contributed by atoms with E-state index in [1.807, 2.05) is 32.2 Å². The lowest BCUT2D eigenvalue weighted by Gasteiger charge is -2.20. The molecule has 0 spiro atoms. The van der Waals surface area contributed by atoms with Crippen LogP contribution in [-0.4, -0.2) is 16.3 Å². The van der Waals surface area contributed by atoms with E-state index in [2.05, 4.69) is 6.08 Å². The second kappa shape index (κ2) is 4.01. The van der Waals surface area contributed by atoms with Crippen LogP contribution in [0.4, 0.5) is 4.79 Å². The van der Waals surface area contributed by atoms with E-state index in [0.29, 0.717) is 0 Å². The van der Waals surface area contributed by atoms with Crippen LogP contribution in [0.3, 0.4) is 0 Å². The van der Waals surface area contributed by atoms with Gasteiger partial charge >= 0.3 is 6.09 Å². The number of hydrogen-bond acceptors (Lipinski definition) is 3. The standard InChI is InChI=1S/C12H15NO2S/c1-12(2,3)15-11(14)13-7-6-9-5-4-8-16-10(9)13/h4,6-8H,5H2,1-3H3. The van der Waals surface area contributed by atoms with Crippen LogP contribution in [0.25, 0.3) is 0 Å². The summed E-state index contributed by atoms with van der Waals surface area (Å²) in [6, 6.07) is 1.97. The van der Waals surface area contributed by atoms with Gasteiger partial charge in [-0.25, -0.2) is 9.36 Å². The highest BCUT2D eigenvalue weighted by Crippen LogP contribution is 2.30. The van der Waals surface area contributed by atoms with E-state index in [1.54, 1.807) is 22.5 Å². The Morgan fingerprint density at radius 2 is 2.25 bits per heavy atom. The van der Waals surface area contributed by atoms with Gasteiger partial charge in [0.15, 0.2) is 0 Å². The average Bonchev–Trinajstić information content (AvgIpc) is 2.58.